The molecule has 0 unspecified atom stereocenters. The van der Waals surface area contributed by atoms with Gasteiger partial charge in [0.1, 0.15) is 0 Å². The third-order valence-corrected chi connectivity index (χ3v) is 0.742. The molecule has 0 fully saturated rings. The summed E-state index contributed by atoms with van der Waals surface area (Å²) in [6.07, 6.45) is 2.21. The summed E-state index contributed by atoms with van der Waals surface area (Å²) in [6.45, 7) is 2.82. The van der Waals surface area contributed by atoms with Crippen molar-refractivity contribution in [2.45, 2.75) is 19.8 Å². The lowest BCUT2D eigenvalue weighted by atomic mass is 10.4. The highest BCUT2D eigenvalue weighted by Crippen LogP contribution is 1.83. The van der Waals surface area contributed by atoms with Gasteiger partial charge in [0.15, 0.2) is 0 Å². The minimum absolute atomic E-state index is 0.713. The molecule has 1 N–H and O–H groups in total. The van der Waals surface area contributed by atoms with Gasteiger partial charge in [-0.15, -0.1) is 0 Å². The highest BCUT2D eigenvalue weighted by Gasteiger charge is 1.81. The molecule has 0 radical (unpaired) electrons. The number of hydrogen-bond donors (Lipinski definition) is 1. The Hall–Kier alpha value is -0.120. The number of hydrogen-bond acceptors (Lipinski definition) is 3. The normalized spacial score (nSPS) is 9.75. The Bertz CT molecular complexity index is 35.4. The zero-order valence-electron chi connectivity index (χ0n) is 5.44. The number of nitrogens with one attached hydrogen (secondary N) is 1. The maximum atomic E-state index is 4.75. The van der Waals surface area contributed by atoms with Crippen molar-refractivity contribution in [1.29, 1.82) is 0 Å². The SMILES string of the molecule is CCCCONOC. The van der Waals surface area contributed by atoms with Gasteiger partial charge < -0.3 is 0 Å². The maximum absolute atomic E-state index is 4.75. The smallest absolute Gasteiger partial charge is 0.0709 e. The van der Waals surface area contributed by atoms with Gasteiger partial charge in [0.05, 0.1) is 13.7 Å². The number of rotatable bonds is 5. The van der Waals surface area contributed by atoms with Crippen LogP contribution < -0.4 is 5.64 Å². The second kappa shape index (κ2) is 6.88. The molecule has 3 nitrogen and oxygen atoms in total. The summed E-state index contributed by atoms with van der Waals surface area (Å²) < 4.78 is 0. The molecule has 0 aromatic carbocycles. The van der Waals surface area contributed by atoms with E-state index in [0.717, 1.165) is 12.8 Å². The Morgan fingerprint density at radius 2 is 2.25 bits per heavy atom. The van der Waals surface area contributed by atoms with Crippen molar-refractivity contribution in [3.8, 4) is 0 Å². The van der Waals surface area contributed by atoms with Crippen LogP contribution in [0.5, 0.6) is 0 Å². The largest absolute Gasteiger partial charge is 0.280 e. The van der Waals surface area contributed by atoms with E-state index in [1.807, 2.05) is 0 Å². The monoisotopic (exact) mass is 119 g/mol. The summed E-state index contributed by atoms with van der Waals surface area (Å²) in [7, 11) is 1.52. The highest BCUT2D eigenvalue weighted by molar-refractivity contribution is 4.25. The predicted molar refractivity (Wildman–Crippen MR) is 31.0 cm³/mol. The van der Waals surface area contributed by atoms with Crippen LogP contribution in [0.1, 0.15) is 19.8 Å². The third-order valence-electron chi connectivity index (χ3n) is 0.742. The fourth-order valence-electron chi connectivity index (χ4n) is 0.317. The van der Waals surface area contributed by atoms with Gasteiger partial charge in [0.2, 0.25) is 0 Å². The molecule has 0 saturated heterocycles. The van der Waals surface area contributed by atoms with Crippen molar-refractivity contribution in [3.63, 3.8) is 0 Å². The second-order valence-corrected chi connectivity index (χ2v) is 1.49. The average molecular weight is 119 g/mol. The molecule has 3 heteroatoms. The first-order chi connectivity index (χ1) is 3.91. The summed E-state index contributed by atoms with van der Waals surface area (Å²) in [5.74, 6) is 0. The zero-order chi connectivity index (χ0) is 6.24. The van der Waals surface area contributed by atoms with Gasteiger partial charge in [0.25, 0.3) is 0 Å². The van der Waals surface area contributed by atoms with Crippen LogP contribution in [-0.4, -0.2) is 13.7 Å². The topological polar surface area (TPSA) is 30.5 Å². The fourth-order valence-corrected chi connectivity index (χ4v) is 0.317. The second-order valence-electron chi connectivity index (χ2n) is 1.49. The lowest BCUT2D eigenvalue weighted by molar-refractivity contribution is -0.151. The molecule has 0 aliphatic rings. The molecule has 0 aromatic heterocycles. The van der Waals surface area contributed by atoms with Gasteiger partial charge in [-0.2, -0.15) is 0 Å². The van der Waals surface area contributed by atoms with E-state index in [0.29, 0.717) is 6.61 Å². The first-order valence-electron chi connectivity index (χ1n) is 2.81. The molecule has 0 amide bonds. The van der Waals surface area contributed by atoms with Crippen molar-refractivity contribution < 1.29 is 9.68 Å². The summed E-state index contributed by atoms with van der Waals surface area (Å²) >= 11 is 0. The number of unbranched alkanes of at least 4 members (excludes halogenated alkanes) is 1. The molecule has 0 aliphatic heterocycles. The molecule has 0 bridgehead atoms. The fraction of sp³-hybridized carbons (Fsp3) is 1.00. The molecule has 0 saturated carbocycles. The van der Waals surface area contributed by atoms with Crippen LogP contribution in [0.25, 0.3) is 0 Å². The lowest BCUT2D eigenvalue weighted by Gasteiger charge is -1.99. The summed E-state index contributed by atoms with van der Waals surface area (Å²) in [6, 6.07) is 0. The Kier molecular flexibility index (Phi) is 6.78. The molecule has 0 heterocycles. The molecular weight excluding hydrogens is 106 g/mol. The standard InChI is InChI=1S/C5H13NO2/c1-3-4-5-8-6-7-2/h6H,3-5H2,1-2H3. The Labute approximate surface area is 49.9 Å². The van der Waals surface area contributed by atoms with Gasteiger partial charge >= 0.3 is 0 Å². The van der Waals surface area contributed by atoms with E-state index in [-0.39, 0.29) is 0 Å². The van der Waals surface area contributed by atoms with E-state index in [1.54, 1.807) is 0 Å². The first-order valence-corrected chi connectivity index (χ1v) is 2.81. The van der Waals surface area contributed by atoms with Crippen LogP contribution in [0, 0.1) is 0 Å². The lowest BCUT2D eigenvalue weighted by Crippen LogP contribution is -2.12. The van der Waals surface area contributed by atoms with E-state index in [4.69, 9.17) is 4.84 Å². The molecule has 0 aromatic rings. The molecule has 0 aliphatic carbocycles. The maximum Gasteiger partial charge on any atom is 0.0709 e. The minimum atomic E-state index is 0.713. The molecule has 50 valence electrons. The quantitative estimate of drug-likeness (QED) is 0.430. The zero-order valence-corrected chi connectivity index (χ0v) is 5.44. The van der Waals surface area contributed by atoms with Crippen LogP contribution in [0.4, 0.5) is 0 Å². The summed E-state index contributed by atoms with van der Waals surface area (Å²) in [5, 5.41) is 0. The summed E-state index contributed by atoms with van der Waals surface area (Å²) in [5.41, 5.74) is 2.28. The van der Waals surface area contributed by atoms with E-state index in [2.05, 4.69) is 17.4 Å². The third kappa shape index (κ3) is 5.88. The van der Waals surface area contributed by atoms with Crippen LogP contribution in [0.2, 0.25) is 0 Å². The van der Waals surface area contributed by atoms with Crippen LogP contribution in [-0.2, 0) is 9.68 Å². The molecular formula is C5H13NO2. The van der Waals surface area contributed by atoms with Crippen LogP contribution in [0.3, 0.4) is 0 Å². The van der Waals surface area contributed by atoms with Gasteiger partial charge in [0, 0.05) is 0 Å². The van der Waals surface area contributed by atoms with Crippen molar-refractivity contribution >= 4 is 0 Å². The molecule has 0 atom stereocenters. The van der Waals surface area contributed by atoms with Gasteiger partial charge in [-0.05, 0) is 6.42 Å². The van der Waals surface area contributed by atoms with Crippen molar-refractivity contribution in [3.05, 3.63) is 0 Å². The summed E-state index contributed by atoms with van der Waals surface area (Å²) in [4.78, 5) is 9.17. The van der Waals surface area contributed by atoms with Crippen molar-refractivity contribution in [2.24, 2.45) is 0 Å². The van der Waals surface area contributed by atoms with Crippen LogP contribution >= 0.6 is 0 Å². The highest BCUT2D eigenvalue weighted by atomic mass is 16.9. The predicted octanol–water partition coefficient (Wildman–Crippen LogP) is 0.869. The Balaban J connectivity index is 2.53. The Morgan fingerprint density at radius 3 is 2.75 bits per heavy atom. The van der Waals surface area contributed by atoms with E-state index in [9.17, 15) is 0 Å². The molecule has 0 spiro atoms. The van der Waals surface area contributed by atoms with Crippen LogP contribution in [0.15, 0.2) is 0 Å². The van der Waals surface area contributed by atoms with Crippen molar-refractivity contribution in [2.75, 3.05) is 13.7 Å². The van der Waals surface area contributed by atoms with Gasteiger partial charge in [-0.25, -0.2) is 0 Å². The van der Waals surface area contributed by atoms with Gasteiger partial charge in [-0.3, -0.25) is 9.68 Å². The van der Waals surface area contributed by atoms with E-state index < -0.39 is 0 Å². The average Bonchev–Trinajstić information content (AvgIpc) is 1.81. The first kappa shape index (κ1) is 7.88. The minimum Gasteiger partial charge on any atom is -0.280 e. The molecule has 8 heavy (non-hydrogen) atoms. The Morgan fingerprint density at radius 1 is 1.50 bits per heavy atom. The van der Waals surface area contributed by atoms with E-state index in [1.165, 1.54) is 7.11 Å². The van der Waals surface area contributed by atoms with Gasteiger partial charge in [-0.1, -0.05) is 19.0 Å². The van der Waals surface area contributed by atoms with Crippen molar-refractivity contribution in [1.82, 2.24) is 5.64 Å². The van der Waals surface area contributed by atoms with E-state index >= 15 is 0 Å². The molecule has 0 rings (SSSR count).